The molecular formula is C10H20O2. The molecule has 0 radical (unpaired) electrons. The number of aliphatic hydroxyl groups excluding tert-OH is 1. The summed E-state index contributed by atoms with van der Waals surface area (Å²) < 4.78 is 5.29. The fourth-order valence-electron chi connectivity index (χ4n) is 2.04. The van der Waals surface area contributed by atoms with Crippen molar-refractivity contribution >= 4 is 0 Å². The second-order valence-corrected chi connectivity index (χ2v) is 3.93. The highest BCUT2D eigenvalue weighted by atomic mass is 16.5. The van der Waals surface area contributed by atoms with Gasteiger partial charge < -0.3 is 9.84 Å². The van der Waals surface area contributed by atoms with E-state index in [4.69, 9.17) is 9.84 Å². The van der Waals surface area contributed by atoms with E-state index in [9.17, 15) is 0 Å². The van der Waals surface area contributed by atoms with Gasteiger partial charge in [0.15, 0.2) is 0 Å². The quantitative estimate of drug-likeness (QED) is 0.703. The summed E-state index contributed by atoms with van der Waals surface area (Å²) in [7, 11) is 1.79. The average molecular weight is 172 g/mol. The third kappa shape index (κ3) is 2.46. The molecule has 1 atom stereocenters. The zero-order valence-corrected chi connectivity index (χ0v) is 8.12. The summed E-state index contributed by atoms with van der Waals surface area (Å²) in [5, 5.41) is 8.98. The molecule has 0 amide bonds. The van der Waals surface area contributed by atoms with E-state index in [-0.39, 0.29) is 0 Å². The molecule has 1 rings (SSSR count). The van der Waals surface area contributed by atoms with E-state index in [1.54, 1.807) is 7.11 Å². The molecule has 1 unspecified atom stereocenters. The van der Waals surface area contributed by atoms with Gasteiger partial charge in [-0.25, -0.2) is 0 Å². The molecule has 0 aromatic rings. The number of hydrogen-bond donors (Lipinski definition) is 1. The molecule has 1 N–H and O–H groups in total. The Bertz CT molecular complexity index is 117. The van der Waals surface area contributed by atoms with E-state index in [0.717, 1.165) is 5.92 Å². The molecule has 0 saturated heterocycles. The number of methoxy groups -OCH3 is 1. The van der Waals surface area contributed by atoms with Crippen molar-refractivity contribution in [3.8, 4) is 0 Å². The van der Waals surface area contributed by atoms with Gasteiger partial charge in [0.05, 0.1) is 6.10 Å². The van der Waals surface area contributed by atoms with Gasteiger partial charge in [0.2, 0.25) is 0 Å². The molecule has 0 aromatic carbocycles. The van der Waals surface area contributed by atoms with Crippen LogP contribution in [0.1, 0.15) is 32.6 Å². The average Bonchev–Trinajstić information content (AvgIpc) is 2.17. The first kappa shape index (κ1) is 10.0. The van der Waals surface area contributed by atoms with Crippen LogP contribution in [0.2, 0.25) is 0 Å². The van der Waals surface area contributed by atoms with Crippen LogP contribution >= 0.6 is 0 Å². The van der Waals surface area contributed by atoms with E-state index in [1.807, 2.05) is 0 Å². The maximum atomic E-state index is 8.98. The van der Waals surface area contributed by atoms with Crippen molar-refractivity contribution < 1.29 is 9.84 Å². The molecule has 12 heavy (non-hydrogen) atoms. The molecule has 0 spiro atoms. The van der Waals surface area contributed by atoms with Crippen molar-refractivity contribution in [2.24, 2.45) is 11.8 Å². The summed E-state index contributed by atoms with van der Waals surface area (Å²) in [4.78, 5) is 0. The summed E-state index contributed by atoms with van der Waals surface area (Å²) in [6, 6.07) is 0. The highest BCUT2D eigenvalue weighted by Crippen LogP contribution is 2.30. The molecule has 2 nitrogen and oxygen atoms in total. The van der Waals surface area contributed by atoms with E-state index in [1.165, 1.54) is 25.7 Å². The van der Waals surface area contributed by atoms with Gasteiger partial charge in [0.1, 0.15) is 0 Å². The summed E-state index contributed by atoms with van der Waals surface area (Å²) >= 11 is 0. The molecule has 1 aliphatic carbocycles. The Kier molecular flexibility index (Phi) is 4.02. The molecule has 1 aliphatic rings. The van der Waals surface area contributed by atoms with Crippen LogP contribution in [0, 0.1) is 11.8 Å². The highest BCUT2D eigenvalue weighted by molar-refractivity contribution is 4.75. The first-order valence-electron chi connectivity index (χ1n) is 4.91. The van der Waals surface area contributed by atoms with Gasteiger partial charge >= 0.3 is 0 Å². The van der Waals surface area contributed by atoms with E-state index in [2.05, 4.69) is 6.92 Å². The van der Waals surface area contributed by atoms with Gasteiger partial charge in [-0.15, -0.1) is 0 Å². The van der Waals surface area contributed by atoms with Crippen LogP contribution in [0.3, 0.4) is 0 Å². The molecular weight excluding hydrogens is 152 g/mol. The summed E-state index contributed by atoms with van der Waals surface area (Å²) in [6.45, 7) is 2.47. The van der Waals surface area contributed by atoms with Crippen molar-refractivity contribution in [1.82, 2.24) is 0 Å². The molecule has 0 bridgehead atoms. The lowest BCUT2D eigenvalue weighted by Crippen LogP contribution is -2.25. The van der Waals surface area contributed by atoms with Crippen LogP contribution in [0.5, 0.6) is 0 Å². The van der Waals surface area contributed by atoms with Crippen LogP contribution in [-0.2, 0) is 4.74 Å². The van der Waals surface area contributed by atoms with Crippen molar-refractivity contribution in [2.45, 2.75) is 38.7 Å². The number of rotatable bonds is 3. The largest absolute Gasteiger partial charge is 0.396 e. The first-order chi connectivity index (χ1) is 5.77. The van der Waals surface area contributed by atoms with Crippen LogP contribution < -0.4 is 0 Å². The Morgan fingerprint density at radius 2 is 1.92 bits per heavy atom. The lowest BCUT2D eigenvalue weighted by atomic mass is 9.80. The van der Waals surface area contributed by atoms with Crippen molar-refractivity contribution in [3.63, 3.8) is 0 Å². The molecule has 1 saturated carbocycles. The minimum atomic E-state index is 0.336. The topological polar surface area (TPSA) is 29.5 Å². The van der Waals surface area contributed by atoms with Gasteiger partial charge in [0.25, 0.3) is 0 Å². The standard InChI is InChI=1S/C10H20O2/c1-8(7-11)9-3-5-10(12-2)6-4-9/h8-11H,3-7H2,1-2H3. The van der Waals surface area contributed by atoms with Crippen molar-refractivity contribution in [3.05, 3.63) is 0 Å². The number of hydrogen-bond acceptors (Lipinski definition) is 2. The fourth-order valence-corrected chi connectivity index (χ4v) is 2.04. The van der Waals surface area contributed by atoms with Gasteiger partial charge in [-0.3, -0.25) is 0 Å². The van der Waals surface area contributed by atoms with E-state index >= 15 is 0 Å². The highest BCUT2D eigenvalue weighted by Gasteiger charge is 2.24. The van der Waals surface area contributed by atoms with Crippen molar-refractivity contribution in [1.29, 1.82) is 0 Å². The van der Waals surface area contributed by atoms with Crippen LogP contribution in [-0.4, -0.2) is 24.9 Å². The lowest BCUT2D eigenvalue weighted by Gasteiger charge is -2.30. The first-order valence-corrected chi connectivity index (χ1v) is 4.91. The van der Waals surface area contributed by atoms with Crippen LogP contribution in [0.15, 0.2) is 0 Å². The molecule has 0 heterocycles. The van der Waals surface area contributed by atoms with Gasteiger partial charge in [-0.1, -0.05) is 6.92 Å². The summed E-state index contributed by atoms with van der Waals surface area (Å²) in [5.74, 6) is 1.20. The predicted octanol–water partition coefficient (Wildman–Crippen LogP) is 1.82. The van der Waals surface area contributed by atoms with Gasteiger partial charge in [-0.2, -0.15) is 0 Å². The Morgan fingerprint density at radius 1 is 1.33 bits per heavy atom. The number of ether oxygens (including phenoxy) is 1. The Hall–Kier alpha value is -0.0800. The Labute approximate surface area is 74.9 Å². The second kappa shape index (κ2) is 4.83. The van der Waals surface area contributed by atoms with E-state index in [0.29, 0.717) is 18.6 Å². The molecule has 0 aliphatic heterocycles. The smallest absolute Gasteiger partial charge is 0.0571 e. The molecule has 1 fully saturated rings. The molecule has 72 valence electrons. The number of aliphatic hydroxyl groups is 1. The van der Waals surface area contributed by atoms with E-state index < -0.39 is 0 Å². The Morgan fingerprint density at radius 3 is 2.33 bits per heavy atom. The van der Waals surface area contributed by atoms with Crippen LogP contribution in [0.25, 0.3) is 0 Å². The fraction of sp³-hybridized carbons (Fsp3) is 1.00. The zero-order chi connectivity index (χ0) is 8.97. The maximum Gasteiger partial charge on any atom is 0.0571 e. The molecule has 0 aromatic heterocycles. The van der Waals surface area contributed by atoms with Gasteiger partial charge in [-0.05, 0) is 37.5 Å². The lowest BCUT2D eigenvalue weighted by molar-refractivity contribution is 0.0408. The minimum absolute atomic E-state index is 0.336. The summed E-state index contributed by atoms with van der Waals surface area (Å²) in [6.07, 6.45) is 5.27. The third-order valence-corrected chi connectivity index (χ3v) is 3.14. The monoisotopic (exact) mass is 172 g/mol. The summed E-state index contributed by atoms with van der Waals surface area (Å²) in [5.41, 5.74) is 0. The van der Waals surface area contributed by atoms with Gasteiger partial charge in [0, 0.05) is 13.7 Å². The second-order valence-electron chi connectivity index (χ2n) is 3.93. The predicted molar refractivity (Wildman–Crippen MR) is 49.0 cm³/mol. The third-order valence-electron chi connectivity index (χ3n) is 3.14. The maximum absolute atomic E-state index is 8.98. The minimum Gasteiger partial charge on any atom is -0.396 e. The van der Waals surface area contributed by atoms with Crippen molar-refractivity contribution in [2.75, 3.05) is 13.7 Å². The normalized spacial score (nSPS) is 33.2. The molecule has 2 heteroatoms. The zero-order valence-electron chi connectivity index (χ0n) is 8.12. The van der Waals surface area contributed by atoms with Crippen LogP contribution in [0.4, 0.5) is 0 Å². The Balaban J connectivity index is 2.25. The SMILES string of the molecule is COC1CCC(C(C)CO)CC1.